The summed E-state index contributed by atoms with van der Waals surface area (Å²) in [7, 11) is 1.94. The van der Waals surface area contributed by atoms with Crippen LogP contribution in [0.2, 0.25) is 0 Å². The van der Waals surface area contributed by atoms with Gasteiger partial charge >= 0.3 is 5.97 Å². The molecule has 4 aromatic heterocycles. The maximum atomic E-state index is 15.3. The average molecular weight is 485 g/mol. The molecule has 0 radical (unpaired) electrons. The van der Waals surface area contributed by atoms with Crippen LogP contribution in [0.5, 0.6) is 5.75 Å². The van der Waals surface area contributed by atoms with Gasteiger partial charge in [0.15, 0.2) is 11.6 Å². The highest BCUT2D eigenvalue weighted by Crippen LogP contribution is 2.43. The molecule has 0 saturated heterocycles. The minimum Gasteiger partial charge on any atom is -0.490 e. The van der Waals surface area contributed by atoms with E-state index in [1.54, 1.807) is 6.20 Å². The molecule has 1 aliphatic rings. The molecule has 6 rings (SSSR count). The number of hydrogen-bond donors (Lipinski definition) is 1. The zero-order valence-electron chi connectivity index (χ0n) is 20.3. The van der Waals surface area contributed by atoms with E-state index in [9.17, 15) is 9.90 Å². The van der Waals surface area contributed by atoms with Crippen LogP contribution in [0.25, 0.3) is 39.1 Å². The standard InChI is InChI=1S/C28H25FN4O3/c1-15-18-5-4-10-36-27(18)22(29)11-19(15)26-20(13-25(34)35)16(2)31-28-21(26)12-23(32(28)3)17-6-7-24-30-8-9-33(24)14-17/h6-9,11-12,14H,4-5,10,13H2,1-3H3,(H,34,35). The number of aromatic nitrogens is 4. The molecule has 0 saturated carbocycles. The number of aryl methyl sites for hydroxylation is 2. The number of ether oxygens (including phenoxy) is 1. The number of nitrogens with zero attached hydrogens (tertiary/aromatic N) is 4. The van der Waals surface area contributed by atoms with Crippen molar-refractivity contribution in [2.75, 3.05) is 6.61 Å². The molecule has 1 N–H and O–H groups in total. The molecule has 5 heterocycles. The highest BCUT2D eigenvalue weighted by molar-refractivity contribution is 6.00. The Hall–Kier alpha value is -4.20. The maximum Gasteiger partial charge on any atom is 0.307 e. The quantitative estimate of drug-likeness (QED) is 0.376. The molecule has 0 fully saturated rings. The number of imidazole rings is 1. The van der Waals surface area contributed by atoms with Gasteiger partial charge in [-0.1, -0.05) is 0 Å². The van der Waals surface area contributed by atoms with E-state index in [1.165, 1.54) is 6.07 Å². The number of carboxylic acids is 1. The number of rotatable bonds is 4. The third-order valence-electron chi connectivity index (χ3n) is 7.20. The minimum absolute atomic E-state index is 0.204. The van der Waals surface area contributed by atoms with E-state index in [2.05, 4.69) is 4.98 Å². The summed E-state index contributed by atoms with van der Waals surface area (Å²) >= 11 is 0. The highest BCUT2D eigenvalue weighted by atomic mass is 19.1. The van der Waals surface area contributed by atoms with E-state index < -0.39 is 11.8 Å². The van der Waals surface area contributed by atoms with Gasteiger partial charge in [0, 0.05) is 47.8 Å². The second kappa shape index (κ2) is 8.19. The lowest BCUT2D eigenvalue weighted by Gasteiger charge is -2.23. The van der Waals surface area contributed by atoms with Crippen LogP contribution in [-0.2, 0) is 24.7 Å². The molecule has 0 atom stereocenters. The molecule has 0 amide bonds. The Bertz CT molecular complexity index is 1700. The van der Waals surface area contributed by atoms with E-state index in [0.717, 1.165) is 51.8 Å². The van der Waals surface area contributed by atoms with Gasteiger partial charge in [0.1, 0.15) is 11.3 Å². The fourth-order valence-electron chi connectivity index (χ4n) is 5.42. The summed E-state index contributed by atoms with van der Waals surface area (Å²) in [5, 5.41) is 10.5. The first kappa shape index (κ1) is 22.3. The summed E-state index contributed by atoms with van der Waals surface area (Å²) in [6.07, 6.45) is 6.97. The van der Waals surface area contributed by atoms with Gasteiger partial charge in [-0.05, 0) is 73.2 Å². The number of carboxylic acid groups (broad SMARTS) is 1. The first-order valence-corrected chi connectivity index (χ1v) is 11.9. The number of carbonyl (C=O) groups is 1. The van der Waals surface area contributed by atoms with Crippen molar-refractivity contribution < 1.29 is 19.0 Å². The normalized spacial score (nSPS) is 13.2. The van der Waals surface area contributed by atoms with Crippen molar-refractivity contribution in [1.82, 2.24) is 18.9 Å². The number of pyridine rings is 2. The maximum absolute atomic E-state index is 15.3. The van der Waals surface area contributed by atoms with Crippen molar-refractivity contribution in [3.05, 3.63) is 71.1 Å². The van der Waals surface area contributed by atoms with Crippen molar-refractivity contribution in [3.8, 4) is 28.1 Å². The average Bonchev–Trinajstić information content (AvgIpc) is 3.46. The molecular formula is C28H25FN4O3. The van der Waals surface area contributed by atoms with Gasteiger partial charge in [-0.2, -0.15) is 0 Å². The van der Waals surface area contributed by atoms with Crippen molar-refractivity contribution >= 4 is 22.6 Å². The summed E-state index contributed by atoms with van der Waals surface area (Å²) in [5.74, 6) is -1.07. The molecular weight excluding hydrogens is 459 g/mol. The number of benzene rings is 1. The van der Waals surface area contributed by atoms with Gasteiger partial charge in [0.25, 0.3) is 0 Å². The summed E-state index contributed by atoms with van der Waals surface area (Å²) in [5.41, 5.74) is 7.82. The van der Waals surface area contributed by atoms with Crippen LogP contribution in [0.1, 0.15) is 28.8 Å². The van der Waals surface area contributed by atoms with Crippen molar-refractivity contribution in [2.45, 2.75) is 33.1 Å². The molecule has 8 heteroatoms. The Balaban J connectivity index is 1.67. The lowest BCUT2D eigenvalue weighted by atomic mass is 9.87. The third kappa shape index (κ3) is 3.36. The SMILES string of the molecule is Cc1nc2c(cc(-c3ccc4nccn4c3)n2C)c(-c2cc(F)c3c(c2C)CCCO3)c1CC(=O)O. The third-order valence-corrected chi connectivity index (χ3v) is 7.20. The molecule has 7 nitrogen and oxygen atoms in total. The number of halogens is 1. The molecule has 5 aromatic rings. The van der Waals surface area contributed by atoms with Crippen LogP contribution >= 0.6 is 0 Å². The largest absolute Gasteiger partial charge is 0.490 e. The predicted octanol–water partition coefficient (Wildman–Crippen LogP) is 5.26. The van der Waals surface area contributed by atoms with Crippen LogP contribution in [0.4, 0.5) is 4.39 Å². The van der Waals surface area contributed by atoms with Gasteiger partial charge in [0.05, 0.1) is 18.7 Å². The Morgan fingerprint density at radius 3 is 2.89 bits per heavy atom. The van der Waals surface area contributed by atoms with E-state index >= 15 is 4.39 Å². The summed E-state index contributed by atoms with van der Waals surface area (Å²) in [6.45, 7) is 4.28. The Kier molecular flexibility index (Phi) is 5.07. The molecule has 1 aliphatic heterocycles. The number of hydrogen-bond acceptors (Lipinski definition) is 4. The zero-order chi connectivity index (χ0) is 25.1. The minimum atomic E-state index is -0.957. The summed E-state index contributed by atoms with van der Waals surface area (Å²) < 4.78 is 24.9. The van der Waals surface area contributed by atoms with Gasteiger partial charge < -0.3 is 18.8 Å². The molecule has 0 aliphatic carbocycles. The monoisotopic (exact) mass is 484 g/mol. The topological polar surface area (TPSA) is 81.7 Å². The molecule has 0 bridgehead atoms. The van der Waals surface area contributed by atoms with E-state index in [0.29, 0.717) is 34.8 Å². The Morgan fingerprint density at radius 2 is 2.08 bits per heavy atom. The lowest BCUT2D eigenvalue weighted by Crippen LogP contribution is -2.13. The number of fused-ring (bicyclic) bond motifs is 3. The molecule has 182 valence electrons. The second-order valence-electron chi connectivity index (χ2n) is 9.35. The zero-order valence-corrected chi connectivity index (χ0v) is 20.3. The molecule has 0 unspecified atom stereocenters. The predicted molar refractivity (Wildman–Crippen MR) is 135 cm³/mol. The Morgan fingerprint density at radius 1 is 1.25 bits per heavy atom. The smallest absolute Gasteiger partial charge is 0.307 e. The van der Waals surface area contributed by atoms with Crippen LogP contribution in [0.3, 0.4) is 0 Å². The fraction of sp³-hybridized carbons (Fsp3) is 0.250. The summed E-state index contributed by atoms with van der Waals surface area (Å²) in [6, 6.07) is 7.46. The van der Waals surface area contributed by atoms with E-state index in [4.69, 9.17) is 9.72 Å². The molecule has 36 heavy (non-hydrogen) atoms. The van der Waals surface area contributed by atoms with Crippen molar-refractivity contribution in [1.29, 1.82) is 0 Å². The first-order valence-electron chi connectivity index (χ1n) is 11.9. The number of aliphatic carboxylic acids is 1. The fourth-order valence-corrected chi connectivity index (χ4v) is 5.42. The van der Waals surface area contributed by atoms with Crippen LogP contribution < -0.4 is 4.74 Å². The first-order chi connectivity index (χ1) is 17.3. The molecule has 0 spiro atoms. The van der Waals surface area contributed by atoms with Crippen molar-refractivity contribution in [2.24, 2.45) is 7.05 Å². The van der Waals surface area contributed by atoms with Crippen molar-refractivity contribution in [3.63, 3.8) is 0 Å². The van der Waals surface area contributed by atoms with Gasteiger partial charge in [-0.25, -0.2) is 14.4 Å². The Labute approximate surface area is 206 Å². The van der Waals surface area contributed by atoms with Crippen LogP contribution in [0, 0.1) is 19.7 Å². The van der Waals surface area contributed by atoms with Gasteiger partial charge in [-0.15, -0.1) is 0 Å². The lowest BCUT2D eigenvalue weighted by molar-refractivity contribution is -0.136. The second-order valence-corrected chi connectivity index (χ2v) is 9.35. The summed E-state index contributed by atoms with van der Waals surface area (Å²) in [4.78, 5) is 21.0. The van der Waals surface area contributed by atoms with Crippen LogP contribution in [-0.4, -0.2) is 36.6 Å². The van der Waals surface area contributed by atoms with Gasteiger partial charge in [0.2, 0.25) is 0 Å². The molecule has 1 aromatic carbocycles. The highest BCUT2D eigenvalue weighted by Gasteiger charge is 2.26. The van der Waals surface area contributed by atoms with E-state index in [-0.39, 0.29) is 6.42 Å². The van der Waals surface area contributed by atoms with E-state index in [1.807, 2.05) is 60.5 Å². The van der Waals surface area contributed by atoms with Gasteiger partial charge in [-0.3, -0.25) is 4.79 Å². The van der Waals surface area contributed by atoms with Crippen LogP contribution in [0.15, 0.2) is 42.9 Å².